The van der Waals surface area contributed by atoms with Crippen molar-refractivity contribution in [1.29, 1.82) is 0 Å². The lowest BCUT2D eigenvalue weighted by Gasteiger charge is -2.08. The fraction of sp³-hybridized carbons (Fsp3) is 0.0588. The second-order valence-electron chi connectivity index (χ2n) is 5.42. The number of fused-ring (bicyclic) bond motifs is 1. The van der Waals surface area contributed by atoms with E-state index >= 15 is 0 Å². The number of hydrogen-bond acceptors (Lipinski definition) is 7. The average molecular weight is 364 g/mol. The summed E-state index contributed by atoms with van der Waals surface area (Å²) in [4.78, 5) is 42.2. The SMILES string of the molecule is Cc1nc(-c2cccnc2)ncc1C(=O)Nc1cnc2sccn2c1=O. The summed E-state index contributed by atoms with van der Waals surface area (Å²) in [5, 5.41) is 4.34. The van der Waals surface area contributed by atoms with E-state index in [2.05, 4.69) is 25.3 Å². The lowest BCUT2D eigenvalue weighted by molar-refractivity contribution is 0.102. The molecule has 1 amide bonds. The van der Waals surface area contributed by atoms with Gasteiger partial charge in [-0.2, -0.15) is 0 Å². The molecule has 128 valence electrons. The van der Waals surface area contributed by atoms with Crippen LogP contribution in [-0.4, -0.2) is 30.2 Å². The summed E-state index contributed by atoms with van der Waals surface area (Å²) in [6.45, 7) is 1.71. The smallest absolute Gasteiger partial charge is 0.282 e. The third-order valence-corrected chi connectivity index (χ3v) is 4.51. The van der Waals surface area contributed by atoms with Gasteiger partial charge in [0.1, 0.15) is 5.69 Å². The third-order valence-electron chi connectivity index (χ3n) is 3.73. The number of hydrogen-bond donors (Lipinski definition) is 1. The molecule has 0 spiro atoms. The molecule has 4 rings (SSSR count). The van der Waals surface area contributed by atoms with E-state index in [1.54, 1.807) is 37.0 Å². The minimum atomic E-state index is -0.464. The van der Waals surface area contributed by atoms with Crippen LogP contribution in [0.2, 0.25) is 0 Å². The molecule has 0 fully saturated rings. The van der Waals surface area contributed by atoms with Crippen LogP contribution < -0.4 is 10.9 Å². The van der Waals surface area contributed by atoms with E-state index in [0.29, 0.717) is 16.5 Å². The van der Waals surface area contributed by atoms with E-state index in [-0.39, 0.29) is 16.8 Å². The van der Waals surface area contributed by atoms with Crippen LogP contribution in [-0.2, 0) is 0 Å². The maximum absolute atomic E-state index is 12.5. The van der Waals surface area contributed by atoms with Gasteiger partial charge >= 0.3 is 0 Å². The number of nitrogens with zero attached hydrogens (tertiary/aromatic N) is 5. The molecule has 0 saturated heterocycles. The highest BCUT2D eigenvalue weighted by molar-refractivity contribution is 7.15. The number of thiazole rings is 1. The Morgan fingerprint density at radius 3 is 2.88 bits per heavy atom. The minimum Gasteiger partial charge on any atom is -0.316 e. The number of carbonyl (C=O) groups excluding carboxylic acids is 1. The van der Waals surface area contributed by atoms with Crippen molar-refractivity contribution < 1.29 is 4.79 Å². The number of pyridine rings is 1. The first kappa shape index (κ1) is 16.0. The first-order valence-electron chi connectivity index (χ1n) is 7.64. The van der Waals surface area contributed by atoms with E-state index in [1.807, 2.05) is 6.07 Å². The lowest BCUT2D eigenvalue weighted by Crippen LogP contribution is -2.23. The summed E-state index contributed by atoms with van der Waals surface area (Å²) in [5.74, 6) is 0.0166. The maximum atomic E-state index is 12.5. The zero-order chi connectivity index (χ0) is 18.1. The molecule has 4 aromatic heterocycles. The molecular weight excluding hydrogens is 352 g/mol. The van der Waals surface area contributed by atoms with Gasteiger partial charge in [-0.15, -0.1) is 11.3 Å². The van der Waals surface area contributed by atoms with Gasteiger partial charge in [0, 0.05) is 35.7 Å². The van der Waals surface area contributed by atoms with Gasteiger partial charge in [-0.25, -0.2) is 15.0 Å². The summed E-state index contributed by atoms with van der Waals surface area (Å²) < 4.78 is 1.38. The first-order chi connectivity index (χ1) is 12.6. The molecule has 0 bridgehead atoms. The van der Waals surface area contributed by atoms with E-state index in [4.69, 9.17) is 0 Å². The molecule has 0 unspecified atom stereocenters. The lowest BCUT2D eigenvalue weighted by atomic mass is 10.2. The number of rotatable bonds is 3. The standard InChI is InChI=1S/C17H12N6O2S/c1-10-12(8-19-14(21-10)11-3-2-4-18-7-11)15(24)22-13-9-20-17-23(16(13)25)5-6-26-17/h2-9H,1H3,(H,22,24). The number of aryl methyl sites for hydroxylation is 1. The van der Waals surface area contributed by atoms with Crippen LogP contribution in [0.1, 0.15) is 16.1 Å². The molecule has 0 aliphatic heterocycles. The summed E-state index contributed by atoms with van der Waals surface area (Å²) in [6, 6.07) is 3.62. The van der Waals surface area contributed by atoms with Gasteiger partial charge in [-0.1, -0.05) is 0 Å². The monoisotopic (exact) mass is 364 g/mol. The Morgan fingerprint density at radius 1 is 1.23 bits per heavy atom. The van der Waals surface area contributed by atoms with Crippen molar-refractivity contribution in [1.82, 2.24) is 24.3 Å². The van der Waals surface area contributed by atoms with Crippen molar-refractivity contribution in [3.63, 3.8) is 0 Å². The quantitative estimate of drug-likeness (QED) is 0.598. The van der Waals surface area contributed by atoms with Crippen molar-refractivity contribution >= 4 is 27.9 Å². The fourth-order valence-electron chi connectivity index (χ4n) is 2.42. The molecule has 0 aliphatic rings. The number of amides is 1. The Kier molecular flexibility index (Phi) is 3.98. The highest BCUT2D eigenvalue weighted by atomic mass is 32.1. The normalized spacial score (nSPS) is 10.8. The molecule has 9 heteroatoms. The Labute approximate surface area is 151 Å². The fourth-order valence-corrected chi connectivity index (χ4v) is 3.10. The minimum absolute atomic E-state index is 0.0987. The van der Waals surface area contributed by atoms with Crippen LogP contribution >= 0.6 is 11.3 Å². The molecule has 0 atom stereocenters. The molecule has 26 heavy (non-hydrogen) atoms. The largest absolute Gasteiger partial charge is 0.316 e. The summed E-state index contributed by atoms with van der Waals surface area (Å²) in [7, 11) is 0. The first-order valence-corrected chi connectivity index (χ1v) is 8.52. The number of aromatic nitrogens is 5. The molecule has 1 N–H and O–H groups in total. The Hall–Kier alpha value is -3.46. The van der Waals surface area contributed by atoms with E-state index in [9.17, 15) is 9.59 Å². The van der Waals surface area contributed by atoms with Crippen molar-refractivity contribution in [2.75, 3.05) is 5.32 Å². The van der Waals surface area contributed by atoms with E-state index in [0.717, 1.165) is 5.56 Å². The second kappa shape index (κ2) is 6.45. The maximum Gasteiger partial charge on any atom is 0.282 e. The molecular formula is C17H12N6O2S. The van der Waals surface area contributed by atoms with Crippen molar-refractivity contribution in [3.8, 4) is 11.4 Å². The van der Waals surface area contributed by atoms with E-state index in [1.165, 1.54) is 28.1 Å². The van der Waals surface area contributed by atoms with Crippen LogP contribution in [0, 0.1) is 6.92 Å². The number of carbonyl (C=O) groups is 1. The Morgan fingerprint density at radius 2 is 2.12 bits per heavy atom. The molecule has 0 aromatic carbocycles. The number of nitrogens with one attached hydrogen (secondary N) is 1. The van der Waals surface area contributed by atoms with Crippen molar-refractivity contribution in [2.24, 2.45) is 0 Å². The van der Waals surface area contributed by atoms with Gasteiger partial charge < -0.3 is 5.32 Å². The predicted octanol–water partition coefficient (Wildman–Crippen LogP) is 2.17. The second-order valence-corrected chi connectivity index (χ2v) is 6.29. The van der Waals surface area contributed by atoms with Crippen molar-refractivity contribution in [2.45, 2.75) is 6.92 Å². The summed E-state index contributed by atoms with van der Waals surface area (Å²) >= 11 is 1.34. The molecule has 4 heterocycles. The average Bonchev–Trinajstić information content (AvgIpc) is 3.14. The Balaban J connectivity index is 1.63. The Bertz CT molecular complexity index is 1170. The molecule has 4 aromatic rings. The van der Waals surface area contributed by atoms with Gasteiger partial charge in [0.05, 0.1) is 17.5 Å². The van der Waals surface area contributed by atoms with Crippen molar-refractivity contribution in [3.05, 3.63) is 70.1 Å². The highest BCUT2D eigenvalue weighted by Gasteiger charge is 2.15. The predicted molar refractivity (Wildman–Crippen MR) is 97.3 cm³/mol. The van der Waals surface area contributed by atoms with E-state index < -0.39 is 5.91 Å². The molecule has 0 aliphatic carbocycles. The van der Waals surface area contributed by atoms with Gasteiger partial charge in [0.25, 0.3) is 11.5 Å². The molecule has 0 radical (unpaired) electrons. The molecule has 0 saturated carbocycles. The summed E-state index contributed by atoms with van der Waals surface area (Å²) in [5.41, 5.74) is 1.30. The van der Waals surface area contributed by atoms with Crippen LogP contribution in [0.5, 0.6) is 0 Å². The zero-order valence-corrected chi connectivity index (χ0v) is 14.4. The topological polar surface area (TPSA) is 102 Å². The van der Waals surface area contributed by atoms with Gasteiger partial charge in [-0.3, -0.25) is 19.0 Å². The molecule has 8 nitrogen and oxygen atoms in total. The van der Waals surface area contributed by atoms with Crippen LogP contribution in [0.25, 0.3) is 16.3 Å². The van der Waals surface area contributed by atoms with Gasteiger partial charge in [0.15, 0.2) is 10.8 Å². The van der Waals surface area contributed by atoms with Crippen LogP contribution in [0.4, 0.5) is 5.69 Å². The highest BCUT2D eigenvalue weighted by Crippen LogP contribution is 2.16. The third kappa shape index (κ3) is 2.84. The number of anilines is 1. The van der Waals surface area contributed by atoms with Gasteiger partial charge in [0.2, 0.25) is 0 Å². The van der Waals surface area contributed by atoms with Crippen LogP contribution in [0.3, 0.4) is 0 Å². The zero-order valence-electron chi connectivity index (χ0n) is 13.6. The summed E-state index contributed by atoms with van der Waals surface area (Å²) in [6.07, 6.45) is 7.72. The van der Waals surface area contributed by atoms with Crippen LogP contribution in [0.15, 0.2) is 53.3 Å². The van der Waals surface area contributed by atoms with Gasteiger partial charge in [-0.05, 0) is 19.1 Å².